The maximum atomic E-state index is 5.51. The summed E-state index contributed by atoms with van der Waals surface area (Å²) in [5, 5.41) is 0. The fraction of sp³-hybridized carbons (Fsp3) is 1.00. The van der Waals surface area contributed by atoms with E-state index in [0.29, 0.717) is 39.6 Å². The minimum Gasteiger partial charge on any atom is -0.382 e. The number of likely N-dealkylation sites (tertiary alicyclic amines) is 1. The summed E-state index contributed by atoms with van der Waals surface area (Å²) in [5.41, 5.74) is 0. The molecule has 1 aliphatic heterocycles. The van der Waals surface area contributed by atoms with E-state index in [1.165, 1.54) is 25.9 Å². The van der Waals surface area contributed by atoms with E-state index in [2.05, 4.69) is 4.90 Å². The average Bonchev–Trinajstić information content (AvgIpc) is 2.89. The molecule has 0 amide bonds. The average molecular weight is 261 g/mol. The van der Waals surface area contributed by atoms with Gasteiger partial charge in [0.1, 0.15) is 0 Å². The zero-order valence-corrected chi connectivity index (χ0v) is 11.6. The van der Waals surface area contributed by atoms with Gasteiger partial charge < -0.3 is 23.8 Å². The van der Waals surface area contributed by atoms with Gasteiger partial charge in [0, 0.05) is 13.7 Å². The van der Waals surface area contributed by atoms with Crippen molar-refractivity contribution in [1.29, 1.82) is 0 Å². The third-order valence-corrected chi connectivity index (χ3v) is 2.93. The second-order valence-corrected chi connectivity index (χ2v) is 4.38. The monoisotopic (exact) mass is 261 g/mol. The summed E-state index contributed by atoms with van der Waals surface area (Å²) in [4.78, 5) is 2.45. The molecule has 0 aromatic rings. The molecule has 5 heteroatoms. The van der Waals surface area contributed by atoms with Crippen LogP contribution in [0, 0.1) is 0 Å². The van der Waals surface area contributed by atoms with Crippen LogP contribution in [-0.2, 0) is 18.9 Å². The van der Waals surface area contributed by atoms with Gasteiger partial charge in [0.05, 0.1) is 46.2 Å². The number of ether oxygens (including phenoxy) is 4. The second kappa shape index (κ2) is 11.9. The highest BCUT2D eigenvalue weighted by Gasteiger charge is 2.09. The van der Waals surface area contributed by atoms with E-state index in [-0.39, 0.29) is 0 Å². The van der Waals surface area contributed by atoms with E-state index >= 15 is 0 Å². The lowest BCUT2D eigenvalue weighted by Gasteiger charge is -2.14. The second-order valence-electron chi connectivity index (χ2n) is 4.38. The van der Waals surface area contributed by atoms with Crippen LogP contribution in [0.5, 0.6) is 0 Å². The highest BCUT2D eigenvalue weighted by Crippen LogP contribution is 2.05. The van der Waals surface area contributed by atoms with Crippen molar-refractivity contribution in [2.45, 2.75) is 12.8 Å². The molecule has 0 aliphatic carbocycles. The van der Waals surface area contributed by atoms with E-state index < -0.39 is 0 Å². The van der Waals surface area contributed by atoms with Crippen LogP contribution in [0.2, 0.25) is 0 Å². The predicted molar refractivity (Wildman–Crippen MR) is 70.0 cm³/mol. The molecule has 1 saturated heterocycles. The van der Waals surface area contributed by atoms with Crippen molar-refractivity contribution in [3.8, 4) is 0 Å². The lowest BCUT2D eigenvalue weighted by Crippen LogP contribution is -2.24. The molecule has 0 aromatic carbocycles. The Kier molecular flexibility index (Phi) is 10.5. The van der Waals surface area contributed by atoms with E-state index in [4.69, 9.17) is 18.9 Å². The van der Waals surface area contributed by atoms with Gasteiger partial charge in [-0.3, -0.25) is 0 Å². The first-order valence-corrected chi connectivity index (χ1v) is 6.88. The smallest absolute Gasteiger partial charge is 0.0701 e. The maximum Gasteiger partial charge on any atom is 0.0701 e. The molecule has 18 heavy (non-hydrogen) atoms. The lowest BCUT2D eigenvalue weighted by molar-refractivity contribution is 0.00165. The third-order valence-electron chi connectivity index (χ3n) is 2.93. The van der Waals surface area contributed by atoms with Crippen LogP contribution >= 0.6 is 0 Å². The normalized spacial score (nSPS) is 16.5. The van der Waals surface area contributed by atoms with Crippen molar-refractivity contribution >= 4 is 0 Å². The highest BCUT2D eigenvalue weighted by atomic mass is 16.6. The number of nitrogens with zero attached hydrogens (tertiary/aromatic N) is 1. The van der Waals surface area contributed by atoms with Crippen LogP contribution in [0.1, 0.15) is 12.8 Å². The van der Waals surface area contributed by atoms with E-state index in [0.717, 1.165) is 13.2 Å². The first-order valence-electron chi connectivity index (χ1n) is 6.88. The number of hydrogen-bond acceptors (Lipinski definition) is 5. The van der Waals surface area contributed by atoms with Gasteiger partial charge in [0.25, 0.3) is 0 Å². The summed E-state index contributed by atoms with van der Waals surface area (Å²) in [7, 11) is 1.67. The molecule has 0 N–H and O–H groups in total. The Bertz CT molecular complexity index is 174. The Balaban J connectivity index is 1.68. The third kappa shape index (κ3) is 8.83. The SMILES string of the molecule is COCCOCCOCCOCCN1CCCC1. The molecule has 0 saturated carbocycles. The molecule has 5 nitrogen and oxygen atoms in total. The number of rotatable bonds is 12. The van der Waals surface area contributed by atoms with Gasteiger partial charge in [-0.25, -0.2) is 0 Å². The van der Waals surface area contributed by atoms with Gasteiger partial charge in [-0.15, -0.1) is 0 Å². The molecule has 0 spiro atoms. The first-order chi connectivity index (χ1) is 8.93. The van der Waals surface area contributed by atoms with Crippen molar-refractivity contribution in [3.63, 3.8) is 0 Å². The van der Waals surface area contributed by atoms with Crippen LogP contribution in [-0.4, -0.2) is 77.9 Å². The van der Waals surface area contributed by atoms with E-state index in [9.17, 15) is 0 Å². The maximum absolute atomic E-state index is 5.51. The Labute approximate surface area is 110 Å². The largest absolute Gasteiger partial charge is 0.382 e. The van der Waals surface area contributed by atoms with Crippen LogP contribution in [0.4, 0.5) is 0 Å². The number of hydrogen-bond donors (Lipinski definition) is 0. The molecular weight excluding hydrogens is 234 g/mol. The molecule has 1 aliphatic rings. The molecule has 108 valence electrons. The van der Waals surface area contributed by atoms with Crippen molar-refractivity contribution in [2.24, 2.45) is 0 Å². The fourth-order valence-electron chi connectivity index (χ4n) is 1.88. The summed E-state index contributed by atoms with van der Waals surface area (Å²) in [6.07, 6.45) is 2.68. The summed E-state index contributed by atoms with van der Waals surface area (Å²) in [6.45, 7) is 8.17. The molecule has 1 rings (SSSR count). The summed E-state index contributed by atoms with van der Waals surface area (Å²) in [6, 6.07) is 0. The van der Waals surface area contributed by atoms with Crippen molar-refractivity contribution in [2.75, 3.05) is 73.0 Å². The van der Waals surface area contributed by atoms with Crippen molar-refractivity contribution < 1.29 is 18.9 Å². The molecular formula is C13H27NO4. The van der Waals surface area contributed by atoms with Crippen LogP contribution < -0.4 is 0 Å². The quantitative estimate of drug-likeness (QED) is 0.486. The van der Waals surface area contributed by atoms with Gasteiger partial charge in [-0.05, 0) is 25.9 Å². The lowest BCUT2D eigenvalue weighted by atomic mass is 10.4. The van der Waals surface area contributed by atoms with Crippen LogP contribution in [0.3, 0.4) is 0 Å². The van der Waals surface area contributed by atoms with E-state index in [1.807, 2.05) is 0 Å². The Morgan fingerprint density at radius 3 is 1.78 bits per heavy atom. The zero-order chi connectivity index (χ0) is 12.9. The van der Waals surface area contributed by atoms with Gasteiger partial charge >= 0.3 is 0 Å². The Morgan fingerprint density at radius 2 is 1.22 bits per heavy atom. The minimum atomic E-state index is 0.622. The Morgan fingerprint density at radius 1 is 0.722 bits per heavy atom. The summed E-state index contributed by atoms with van der Waals surface area (Å²) >= 11 is 0. The van der Waals surface area contributed by atoms with Crippen molar-refractivity contribution in [1.82, 2.24) is 4.90 Å². The van der Waals surface area contributed by atoms with Crippen LogP contribution in [0.25, 0.3) is 0 Å². The van der Waals surface area contributed by atoms with Crippen molar-refractivity contribution in [3.05, 3.63) is 0 Å². The molecule has 1 fully saturated rings. The molecule has 0 unspecified atom stereocenters. The van der Waals surface area contributed by atoms with Gasteiger partial charge in [-0.2, -0.15) is 0 Å². The number of methoxy groups -OCH3 is 1. The topological polar surface area (TPSA) is 40.2 Å². The molecule has 0 aromatic heterocycles. The highest BCUT2D eigenvalue weighted by molar-refractivity contribution is 4.64. The van der Waals surface area contributed by atoms with Gasteiger partial charge in [0.2, 0.25) is 0 Å². The van der Waals surface area contributed by atoms with Gasteiger partial charge in [0.15, 0.2) is 0 Å². The van der Waals surface area contributed by atoms with Crippen LogP contribution in [0.15, 0.2) is 0 Å². The summed E-state index contributed by atoms with van der Waals surface area (Å²) < 4.78 is 21.0. The predicted octanol–water partition coefficient (Wildman–Crippen LogP) is 0.778. The molecule has 0 bridgehead atoms. The minimum absolute atomic E-state index is 0.622. The van der Waals surface area contributed by atoms with Gasteiger partial charge in [-0.1, -0.05) is 0 Å². The zero-order valence-electron chi connectivity index (χ0n) is 11.6. The Hall–Kier alpha value is -0.200. The molecule has 1 heterocycles. The molecule has 0 radical (unpaired) electrons. The van der Waals surface area contributed by atoms with E-state index in [1.54, 1.807) is 7.11 Å². The fourth-order valence-corrected chi connectivity index (χ4v) is 1.88. The standard InChI is InChI=1S/C13H27NO4/c1-15-8-9-17-12-13-18-11-10-16-7-6-14-4-2-3-5-14/h2-13H2,1H3. The molecule has 0 atom stereocenters. The first kappa shape index (κ1) is 15.9. The summed E-state index contributed by atoms with van der Waals surface area (Å²) in [5.74, 6) is 0.